The summed E-state index contributed by atoms with van der Waals surface area (Å²) in [5.74, 6) is -0.0418. The summed E-state index contributed by atoms with van der Waals surface area (Å²) in [6, 6.07) is 0. The van der Waals surface area contributed by atoms with E-state index in [-0.39, 0.29) is 18.3 Å². The van der Waals surface area contributed by atoms with E-state index in [4.69, 9.17) is 10.8 Å². The van der Waals surface area contributed by atoms with Crippen LogP contribution < -0.4 is 5.73 Å². The van der Waals surface area contributed by atoms with Gasteiger partial charge < -0.3 is 20.0 Å². The Morgan fingerprint density at radius 3 is 1.82 bits per heavy atom. The summed E-state index contributed by atoms with van der Waals surface area (Å²) in [4.78, 5) is 10.7. The molecule has 0 aliphatic heterocycles. The van der Waals surface area contributed by atoms with Gasteiger partial charge in [0.1, 0.15) is 12.9 Å². The third kappa shape index (κ3) is 12.3. The van der Waals surface area contributed by atoms with Crippen LogP contribution in [-0.4, -0.2) is 49.2 Å². The van der Waals surface area contributed by atoms with E-state index in [1.165, 1.54) is 6.66 Å². The highest BCUT2D eigenvalue weighted by Gasteiger charge is 2.16. The predicted molar refractivity (Wildman–Crippen MR) is 73.9 cm³/mol. The number of hydrogen-bond donors (Lipinski definition) is 2. The van der Waals surface area contributed by atoms with Gasteiger partial charge in [0.05, 0.1) is 19.7 Å². The molecule has 2 unspecified atom stereocenters. The molecule has 0 saturated heterocycles. The summed E-state index contributed by atoms with van der Waals surface area (Å²) >= 11 is 0. The normalized spacial score (nSPS) is 17.3. The molecule has 17 heavy (non-hydrogen) atoms. The average molecular weight is 285 g/mol. The van der Waals surface area contributed by atoms with E-state index in [9.17, 15) is 13.9 Å². The van der Waals surface area contributed by atoms with E-state index in [1.807, 2.05) is 6.92 Å². The van der Waals surface area contributed by atoms with Gasteiger partial charge in [-0.15, -0.1) is 0 Å². The molecule has 3 N–H and O–H groups in total. The first kappa shape index (κ1) is 19.4. The first-order valence-corrected chi connectivity index (χ1v) is 10.6. The maximum atomic E-state index is 11.1. The molecule has 0 amide bonds. The van der Waals surface area contributed by atoms with Crippen molar-refractivity contribution in [2.75, 3.05) is 38.3 Å². The topological polar surface area (TPSA) is 97.5 Å². The number of carbonyl (C=O) groups excluding carboxylic acids is 1. The van der Waals surface area contributed by atoms with Crippen molar-refractivity contribution >= 4 is 20.1 Å². The molecule has 7 heteroatoms. The molecule has 104 valence electrons. The number of aliphatic hydroxyl groups is 1. The molecule has 5 nitrogen and oxygen atoms in total. The molecule has 0 aromatic carbocycles. The van der Waals surface area contributed by atoms with Gasteiger partial charge in [-0.1, -0.05) is 13.8 Å². The predicted octanol–water partition coefficient (Wildman–Crippen LogP) is 1.82. The van der Waals surface area contributed by atoms with Gasteiger partial charge in [-0.2, -0.15) is 0 Å². The molecule has 0 radical (unpaired) electrons. The Hall–Kier alpha value is 0.0500. The standard InChI is InChI=1S/C6H13O3P.C4H12NOP/c1-3-6(8)4-10(2,9)5-7;1-3-7(2,6)4-5/h7H,3-5H2,1-2H3;3-5H2,1-2H3. The number of Topliss-reactive ketones (excluding diaryl/α,β-unsaturated/α-hetero) is 1. The van der Waals surface area contributed by atoms with Crippen LogP contribution in [-0.2, 0) is 13.9 Å². The van der Waals surface area contributed by atoms with Crippen molar-refractivity contribution in [2.24, 2.45) is 5.73 Å². The first-order chi connectivity index (χ1) is 7.64. The average Bonchev–Trinajstić information content (AvgIpc) is 2.29. The number of rotatable bonds is 6. The van der Waals surface area contributed by atoms with Crippen LogP contribution >= 0.6 is 14.3 Å². The highest BCUT2D eigenvalue weighted by molar-refractivity contribution is 7.63. The molecule has 0 fully saturated rings. The van der Waals surface area contributed by atoms with E-state index >= 15 is 0 Å². The number of aliphatic hydroxyl groups excluding tert-OH is 1. The smallest absolute Gasteiger partial charge is 0.139 e. The van der Waals surface area contributed by atoms with E-state index in [0.717, 1.165) is 6.16 Å². The van der Waals surface area contributed by atoms with Crippen molar-refractivity contribution in [3.8, 4) is 0 Å². The zero-order chi connectivity index (χ0) is 14.1. The first-order valence-electron chi connectivity index (χ1n) is 5.57. The van der Waals surface area contributed by atoms with Gasteiger partial charge in [-0.25, -0.2) is 0 Å². The minimum Gasteiger partial charge on any atom is -0.389 e. The lowest BCUT2D eigenvalue weighted by molar-refractivity contribution is -0.116. The van der Waals surface area contributed by atoms with Gasteiger partial charge in [0.25, 0.3) is 0 Å². The number of ketones is 1. The number of carbonyl (C=O) groups is 1. The molecule has 0 heterocycles. The van der Waals surface area contributed by atoms with Crippen LogP contribution in [0.5, 0.6) is 0 Å². The SMILES string of the molecule is CCC(=O)CP(C)(=O)CO.CCP(C)(=O)CN. The van der Waals surface area contributed by atoms with Crippen molar-refractivity contribution in [1.29, 1.82) is 0 Å². The minimum atomic E-state index is -2.54. The highest BCUT2D eigenvalue weighted by Crippen LogP contribution is 2.39. The largest absolute Gasteiger partial charge is 0.389 e. The Morgan fingerprint density at radius 2 is 1.65 bits per heavy atom. The van der Waals surface area contributed by atoms with Crippen LogP contribution in [0.1, 0.15) is 20.3 Å². The van der Waals surface area contributed by atoms with Gasteiger partial charge >= 0.3 is 0 Å². The van der Waals surface area contributed by atoms with E-state index < -0.39 is 14.3 Å². The van der Waals surface area contributed by atoms with Crippen molar-refractivity contribution in [3.05, 3.63) is 0 Å². The molecule has 0 aromatic heterocycles. The fourth-order valence-electron chi connectivity index (χ4n) is 0.664. The molecular formula is C10H25NO4P2. The molecule has 0 aromatic rings. The molecule has 0 rings (SSSR count). The lowest BCUT2D eigenvalue weighted by Gasteiger charge is -2.05. The van der Waals surface area contributed by atoms with Crippen LogP contribution in [0.4, 0.5) is 0 Å². The van der Waals surface area contributed by atoms with Gasteiger partial charge in [0.15, 0.2) is 0 Å². The third-order valence-corrected chi connectivity index (χ3v) is 5.99. The molecule has 0 spiro atoms. The van der Waals surface area contributed by atoms with Crippen LogP contribution in [0.2, 0.25) is 0 Å². The van der Waals surface area contributed by atoms with E-state index in [1.54, 1.807) is 13.6 Å². The summed E-state index contributed by atoms with van der Waals surface area (Å²) in [5.41, 5.74) is 5.15. The van der Waals surface area contributed by atoms with Crippen LogP contribution in [0.25, 0.3) is 0 Å². The van der Waals surface area contributed by atoms with Crippen LogP contribution in [0.15, 0.2) is 0 Å². The van der Waals surface area contributed by atoms with Crippen LogP contribution in [0.3, 0.4) is 0 Å². The molecule has 2 atom stereocenters. The monoisotopic (exact) mass is 285 g/mol. The Labute approximate surface area is 104 Å². The summed E-state index contributed by atoms with van der Waals surface area (Å²) in [5, 5.41) is 8.52. The van der Waals surface area contributed by atoms with E-state index in [0.29, 0.717) is 12.7 Å². The number of hydrogen-bond acceptors (Lipinski definition) is 5. The second kappa shape index (κ2) is 9.04. The van der Waals surface area contributed by atoms with Crippen molar-refractivity contribution in [1.82, 2.24) is 0 Å². The second-order valence-electron chi connectivity index (χ2n) is 4.28. The van der Waals surface area contributed by atoms with Gasteiger partial charge in [0.2, 0.25) is 0 Å². The van der Waals surface area contributed by atoms with Gasteiger partial charge in [0, 0.05) is 12.7 Å². The quantitative estimate of drug-likeness (QED) is 0.725. The van der Waals surface area contributed by atoms with Crippen molar-refractivity contribution in [2.45, 2.75) is 20.3 Å². The summed E-state index contributed by atoms with van der Waals surface area (Å²) in [6.45, 7) is 6.79. The van der Waals surface area contributed by atoms with Crippen LogP contribution in [0, 0.1) is 0 Å². The maximum Gasteiger partial charge on any atom is 0.139 e. The number of nitrogens with two attached hydrogens (primary N) is 1. The van der Waals surface area contributed by atoms with Crippen molar-refractivity contribution < 1.29 is 19.0 Å². The summed E-state index contributed by atoms with van der Waals surface area (Å²) in [7, 11) is -4.42. The molecule has 0 saturated carbocycles. The van der Waals surface area contributed by atoms with Gasteiger partial charge in [-0.05, 0) is 19.5 Å². The second-order valence-corrected chi connectivity index (χ2v) is 11.1. The fourth-order valence-corrected chi connectivity index (χ4v) is 1.99. The van der Waals surface area contributed by atoms with E-state index in [2.05, 4.69) is 0 Å². The lowest BCUT2D eigenvalue weighted by atomic mass is 10.4. The minimum absolute atomic E-state index is 0.0417. The summed E-state index contributed by atoms with van der Waals surface area (Å²) < 4.78 is 21.9. The third-order valence-electron chi connectivity index (χ3n) is 2.26. The summed E-state index contributed by atoms with van der Waals surface area (Å²) in [6.07, 6.45) is 1.16. The Kier molecular flexibility index (Phi) is 10.3. The molecule has 0 aliphatic carbocycles. The fraction of sp³-hybridized carbons (Fsp3) is 0.900. The zero-order valence-corrected chi connectivity index (χ0v) is 13.0. The Balaban J connectivity index is 0. The Bertz CT molecular complexity index is 309. The lowest BCUT2D eigenvalue weighted by Crippen LogP contribution is -2.04. The molecular weight excluding hydrogens is 260 g/mol. The molecule has 0 aliphatic rings. The zero-order valence-electron chi connectivity index (χ0n) is 11.2. The van der Waals surface area contributed by atoms with Gasteiger partial charge in [-0.3, -0.25) is 4.79 Å². The maximum absolute atomic E-state index is 11.1. The molecule has 0 bridgehead atoms. The van der Waals surface area contributed by atoms with Crippen molar-refractivity contribution in [3.63, 3.8) is 0 Å². The Morgan fingerprint density at radius 1 is 1.18 bits per heavy atom. The highest BCUT2D eigenvalue weighted by atomic mass is 31.2.